The molecule has 2 aromatic rings. The lowest BCUT2D eigenvalue weighted by atomic mass is 9.96. The highest BCUT2D eigenvalue weighted by Gasteiger charge is 2.31. The maximum absolute atomic E-state index is 13.1. The molecule has 2 aromatic carbocycles. The van der Waals surface area contributed by atoms with Gasteiger partial charge in [0.15, 0.2) is 0 Å². The van der Waals surface area contributed by atoms with Crippen molar-refractivity contribution in [3.8, 4) is 0 Å². The quantitative estimate of drug-likeness (QED) is 0.897. The summed E-state index contributed by atoms with van der Waals surface area (Å²) < 4.78 is 42.0. The molecule has 0 amide bonds. The second-order valence-corrected chi connectivity index (χ2v) is 8.35. The molecule has 0 spiro atoms. The molecule has 1 fully saturated rings. The lowest BCUT2D eigenvalue weighted by Gasteiger charge is -2.34. The number of hydrogen-bond donors (Lipinski definition) is 1. The average Bonchev–Trinajstić information content (AvgIpc) is 2.63. The SMILES string of the molecule is O=S1(=O)N=C([C@@H]2CCCN(Cc3ccc(F)cc3)C2)Nc2ccccc21. The molecule has 1 saturated heterocycles. The van der Waals surface area contributed by atoms with Crippen LogP contribution in [0.4, 0.5) is 10.1 Å². The number of fused-ring (bicyclic) bond motifs is 1. The van der Waals surface area contributed by atoms with Gasteiger partial charge in [0.25, 0.3) is 10.0 Å². The Morgan fingerprint density at radius 1 is 1.15 bits per heavy atom. The van der Waals surface area contributed by atoms with E-state index in [9.17, 15) is 12.8 Å². The predicted octanol–water partition coefficient (Wildman–Crippen LogP) is 3.25. The summed E-state index contributed by atoms with van der Waals surface area (Å²) in [5.41, 5.74) is 1.64. The minimum Gasteiger partial charge on any atom is -0.342 e. The first kappa shape index (κ1) is 17.2. The Bertz CT molecular complexity index is 942. The molecule has 0 aromatic heterocycles. The number of likely N-dealkylation sites (tertiary alicyclic amines) is 1. The zero-order valence-corrected chi connectivity index (χ0v) is 15.0. The Balaban J connectivity index is 1.51. The van der Waals surface area contributed by atoms with Crippen LogP contribution in [0.25, 0.3) is 0 Å². The third kappa shape index (κ3) is 3.50. The Morgan fingerprint density at radius 3 is 2.73 bits per heavy atom. The van der Waals surface area contributed by atoms with E-state index in [1.807, 2.05) is 6.07 Å². The molecule has 4 rings (SSSR count). The van der Waals surface area contributed by atoms with E-state index in [0.717, 1.165) is 31.5 Å². The van der Waals surface area contributed by atoms with Crippen molar-refractivity contribution < 1.29 is 12.8 Å². The Hall–Kier alpha value is -2.25. The number of halogens is 1. The van der Waals surface area contributed by atoms with E-state index in [4.69, 9.17) is 0 Å². The minimum absolute atomic E-state index is 0.0346. The van der Waals surface area contributed by atoms with Crippen molar-refractivity contribution in [1.29, 1.82) is 0 Å². The summed E-state index contributed by atoms with van der Waals surface area (Å²) in [7, 11) is -3.66. The van der Waals surface area contributed by atoms with Crippen LogP contribution < -0.4 is 5.32 Å². The van der Waals surface area contributed by atoms with Crippen LogP contribution in [-0.2, 0) is 16.6 Å². The van der Waals surface area contributed by atoms with Gasteiger partial charge in [-0.05, 0) is 49.2 Å². The molecule has 0 radical (unpaired) electrons. The highest BCUT2D eigenvalue weighted by molar-refractivity contribution is 7.90. The van der Waals surface area contributed by atoms with Crippen LogP contribution >= 0.6 is 0 Å². The molecular weight excluding hydrogens is 353 g/mol. The van der Waals surface area contributed by atoms with E-state index in [1.54, 1.807) is 30.3 Å². The average molecular weight is 373 g/mol. The highest BCUT2D eigenvalue weighted by atomic mass is 32.2. The fourth-order valence-electron chi connectivity index (χ4n) is 3.58. The predicted molar refractivity (Wildman–Crippen MR) is 99.1 cm³/mol. The number of hydrogen-bond acceptors (Lipinski definition) is 4. The molecule has 1 atom stereocenters. The number of piperidine rings is 1. The molecule has 7 heteroatoms. The number of para-hydroxylation sites is 1. The molecule has 0 unspecified atom stereocenters. The zero-order chi connectivity index (χ0) is 18.1. The number of nitrogens with one attached hydrogen (secondary N) is 1. The maximum atomic E-state index is 13.1. The number of amidine groups is 1. The van der Waals surface area contributed by atoms with Gasteiger partial charge in [-0.3, -0.25) is 4.90 Å². The summed E-state index contributed by atoms with van der Waals surface area (Å²) in [6, 6.07) is 13.3. The van der Waals surface area contributed by atoms with E-state index >= 15 is 0 Å². The first-order chi connectivity index (χ1) is 12.5. The van der Waals surface area contributed by atoms with Crippen LogP contribution in [0.3, 0.4) is 0 Å². The van der Waals surface area contributed by atoms with Gasteiger partial charge >= 0.3 is 0 Å². The molecule has 0 saturated carbocycles. The Morgan fingerprint density at radius 2 is 1.92 bits per heavy atom. The van der Waals surface area contributed by atoms with Crippen LogP contribution in [0.2, 0.25) is 0 Å². The number of benzene rings is 2. The van der Waals surface area contributed by atoms with Crippen molar-refractivity contribution in [3.05, 3.63) is 59.9 Å². The van der Waals surface area contributed by atoms with E-state index in [-0.39, 0.29) is 16.6 Å². The van der Waals surface area contributed by atoms with Gasteiger partial charge in [-0.2, -0.15) is 8.42 Å². The molecule has 5 nitrogen and oxygen atoms in total. The van der Waals surface area contributed by atoms with Crippen molar-refractivity contribution in [2.24, 2.45) is 10.3 Å². The number of sulfonamides is 1. The van der Waals surface area contributed by atoms with Crippen LogP contribution in [0.5, 0.6) is 0 Å². The molecule has 26 heavy (non-hydrogen) atoms. The van der Waals surface area contributed by atoms with E-state index < -0.39 is 10.0 Å². The molecule has 136 valence electrons. The lowest BCUT2D eigenvalue weighted by molar-refractivity contribution is 0.196. The topological polar surface area (TPSA) is 61.8 Å². The molecule has 0 bridgehead atoms. The molecule has 0 aliphatic carbocycles. The number of nitrogens with zero attached hydrogens (tertiary/aromatic N) is 2. The van der Waals surface area contributed by atoms with Gasteiger partial charge in [0.2, 0.25) is 0 Å². The van der Waals surface area contributed by atoms with Gasteiger partial charge in [0.05, 0.1) is 5.69 Å². The van der Waals surface area contributed by atoms with Crippen molar-refractivity contribution in [2.45, 2.75) is 24.3 Å². The zero-order valence-electron chi connectivity index (χ0n) is 14.2. The van der Waals surface area contributed by atoms with Crippen LogP contribution in [0.1, 0.15) is 18.4 Å². The highest BCUT2D eigenvalue weighted by Crippen LogP contribution is 2.30. The summed E-state index contributed by atoms with van der Waals surface area (Å²) >= 11 is 0. The largest absolute Gasteiger partial charge is 0.342 e. The van der Waals surface area contributed by atoms with Crippen molar-refractivity contribution in [3.63, 3.8) is 0 Å². The second-order valence-electron chi connectivity index (χ2n) is 6.77. The third-order valence-electron chi connectivity index (χ3n) is 4.86. The first-order valence-corrected chi connectivity index (χ1v) is 10.1. The smallest absolute Gasteiger partial charge is 0.286 e. The molecular formula is C19H20FN3O2S. The van der Waals surface area contributed by atoms with Crippen molar-refractivity contribution in [2.75, 3.05) is 18.4 Å². The standard InChI is InChI=1S/C19H20FN3O2S/c20-16-9-7-14(8-10-16)12-23-11-3-4-15(13-23)19-21-17-5-1-2-6-18(17)26(24,25)22-19/h1-2,5-10,15H,3-4,11-13H2,(H,21,22)/t15-/m1/s1. The Kier molecular flexibility index (Phi) is 4.50. The van der Waals surface area contributed by atoms with Gasteiger partial charge < -0.3 is 5.32 Å². The van der Waals surface area contributed by atoms with Crippen LogP contribution in [0, 0.1) is 11.7 Å². The van der Waals surface area contributed by atoms with E-state index in [2.05, 4.69) is 14.6 Å². The summed E-state index contributed by atoms with van der Waals surface area (Å²) in [5.74, 6) is 0.315. The Labute approximate surface area is 152 Å². The van der Waals surface area contributed by atoms with E-state index in [0.29, 0.717) is 18.1 Å². The first-order valence-electron chi connectivity index (χ1n) is 8.69. The summed E-state index contributed by atoms with van der Waals surface area (Å²) in [5, 5.41) is 3.21. The van der Waals surface area contributed by atoms with Gasteiger partial charge in [0.1, 0.15) is 16.5 Å². The normalized spacial score (nSPS) is 22.2. The number of rotatable bonds is 3. The van der Waals surface area contributed by atoms with Crippen LogP contribution in [0.15, 0.2) is 57.8 Å². The van der Waals surface area contributed by atoms with Gasteiger partial charge in [-0.25, -0.2) is 4.39 Å². The molecule has 1 N–H and O–H groups in total. The monoisotopic (exact) mass is 373 g/mol. The van der Waals surface area contributed by atoms with Gasteiger partial charge in [0, 0.05) is 19.0 Å². The fourth-order valence-corrected chi connectivity index (χ4v) is 4.78. The summed E-state index contributed by atoms with van der Waals surface area (Å²) in [4.78, 5) is 2.49. The summed E-state index contributed by atoms with van der Waals surface area (Å²) in [6.45, 7) is 2.37. The summed E-state index contributed by atoms with van der Waals surface area (Å²) in [6.07, 6.45) is 1.86. The lowest BCUT2D eigenvalue weighted by Crippen LogP contribution is -2.41. The number of anilines is 1. The van der Waals surface area contributed by atoms with Gasteiger partial charge in [-0.1, -0.05) is 24.3 Å². The second kappa shape index (κ2) is 6.81. The van der Waals surface area contributed by atoms with Crippen LogP contribution in [-0.4, -0.2) is 32.2 Å². The minimum atomic E-state index is -3.66. The fraction of sp³-hybridized carbons (Fsp3) is 0.316. The van der Waals surface area contributed by atoms with Crippen molar-refractivity contribution in [1.82, 2.24) is 4.90 Å². The third-order valence-corrected chi connectivity index (χ3v) is 6.21. The van der Waals surface area contributed by atoms with Crippen molar-refractivity contribution >= 4 is 21.5 Å². The van der Waals surface area contributed by atoms with E-state index in [1.165, 1.54) is 12.1 Å². The molecule has 2 aliphatic rings. The maximum Gasteiger partial charge on any atom is 0.286 e. The van der Waals surface area contributed by atoms with Gasteiger partial charge in [-0.15, -0.1) is 4.40 Å². The molecule has 2 aliphatic heterocycles. The molecule has 2 heterocycles.